The molecule has 1 aromatic carbocycles. The van der Waals surface area contributed by atoms with E-state index in [0.717, 1.165) is 35.2 Å². The summed E-state index contributed by atoms with van der Waals surface area (Å²) in [4.78, 5) is 14.0. The molecule has 0 spiro atoms. The second-order valence-corrected chi connectivity index (χ2v) is 5.89. The number of nitrogens with one attached hydrogen (secondary N) is 2. The Morgan fingerprint density at radius 3 is 3.05 bits per heavy atom. The Balaban J connectivity index is 1.74. The molecule has 1 saturated heterocycles. The average Bonchev–Trinajstić information content (AvgIpc) is 2.81. The van der Waals surface area contributed by atoms with Crippen LogP contribution in [0.5, 0.6) is 0 Å². The maximum atomic E-state index is 11.8. The molecule has 3 N–H and O–H groups in total. The average molecular weight is 342 g/mol. The SMILES string of the molecule is Cc1c(Br)cccc1NC(=O)NCCN1CCC(O)C1. The van der Waals surface area contributed by atoms with Gasteiger partial charge < -0.3 is 15.7 Å². The number of aliphatic hydroxyl groups is 1. The highest BCUT2D eigenvalue weighted by Crippen LogP contribution is 2.23. The lowest BCUT2D eigenvalue weighted by atomic mass is 10.2. The quantitative estimate of drug-likeness (QED) is 0.784. The predicted molar refractivity (Wildman–Crippen MR) is 83.0 cm³/mol. The summed E-state index contributed by atoms with van der Waals surface area (Å²) in [5.41, 5.74) is 1.80. The van der Waals surface area contributed by atoms with Crippen LogP contribution in [0.15, 0.2) is 22.7 Å². The minimum Gasteiger partial charge on any atom is -0.392 e. The van der Waals surface area contributed by atoms with Gasteiger partial charge in [0.15, 0.2) is 0 Å². The normalized spacial score (nSPS) is 19.1. The zero-order chi connectivity index (χ0) is 14.5. The van der Waals surface area contributed by atoms with Gasteiger partial charge in [-0.2, -0.15) is 0 Å². The van der Waals surface area contributed by atoms with Gasteiger partial charge in [0.05, 0.1) is 6.10 Å². The summed E-state index contributed by atoms with van der Waals surface area (Å²) < 4.78 is 0.973. The molecule has 0 aromatic heterocycles. The highest BCUT2D eigenvalue weighted by Gasteiger charge is 2.19. The number of carbonyl (C=O) groups is 1. The molecule has 1 unspecified atom stereocenters. The van der Waals surface area contributed by atoms with E-state index in [1.54, 1.807) is 0 Å². The summed E-state index contributed by atoms with van der Waals surface area (Å²) in [7, 11) is 0. The van der Waals surface area contributed by atoms with E-state index in [0.29, 0.717) is 13.1 Å². The molecule has 1 aromatic rings. The Hall–Kier alpha value is -1.11. The molecule has 20 heavy (non-hydrogen) atoms. The lowest BCUT2D eigenvalue weighted by molar-refractivity contribution is 0.176. The summed E-state index contributed by atoms with van der Waals surface area (Å²) in [5, 5.41) is 15.1. The number of anilines is 1. The lowest BCUT2D eigenvalue weighted by Gasteiger charge is -2.16. The van der Waals surface area contributed by atoms with Crippen LogP contribution >= 0.6 is 15.9 Å². The van der Waals surface area contributed by atoms with Gasteiger partial charge in [-0.3, -0.25) is 4.90 Å². The summed E-state index contributed by atoms with van der Waals surface area (Å²) in [6, 6.07) is 5.50. The van der Waals surface area contributed by atoms with E-state index in [4.69, 9.17) is 0 Å². The third-order valence-corrected chi connectivity index (χ3v) is 4.34. The molecule has 2 rings (SSSR count). The Labute approximate surface area is 127 Å². The first-order chi connectivity index (χ1) is 9.56. The molecule has 0 bridgehead atoms. The van der Waals surface area contributed by atoms with Crippen molar-refractivity contribution in [1.82, 2.24) is 10.2 Å². The number of benzene rings is 1. The fourth-order valence-corrected chi connectivity index (χ4v) is 2.62. The Morgan fingerprint density at radius 2 is 2.35 bits per heavy atom. The van der Waals surface area contributed by atoms with E-state index in [1.165, 1.54) is 0 Å². The van der Waals surface area contributed by atoms with Gasteiger partial charge in [-0.15, -0.1) is 0 Å². The molecule has 5 nitrogen and oxygen atoms in total. The van der Waals surface area contributed by atoms with E-state index in [2.05, 4.69) is 31.5 Å². The smallest absolute Gasteiger partial charge is 0.319 e. The standard InChI is InChI=1S/C14H20BrN3O2/c1-10-12(15)3-2-4-13(10)17-14(20)16-6-8-18-7-5-11(19)9-18/h2-4,11,19H,5-9H2,1H3,(H2,16,17,20). The number of halogens is 1. The maximum Gasteiger partial charge on any atom is 0.319 e. The highest BCUT2D eigenvalue weighted by molar-refractivity contribution is 9.10. The predicted octanol–water partition coefficient (Wildman–Crippen LogP) is 1.95. The molecule has 0 radical (unpaired) electrons. The minimum atomic E-state index is -0.215. The molecule has 110 valence electrons. The fraction of sp³-hybridized carbons (Fsp3) is 0.500. The summed E-state index contributed by atoms with van der Waals surface area (Å²) in [6.45, 7) is 4.89. The van der Waals surface area contributed by atoms with Crippen molar-refractivity contribution < 1.29 is 9.90 Å². The number of rotatable bonds is 4. The van der Waals surface area contributed by atoms with Crippen molar-refractivity contribution in [3.63, 3.8) is 0 Å². The van der Waals surface area contributed by atoms with Crippen molar-refractivity contribution in [2.24, 2.45) is 0 Å². The van der Waals surface area contributed by atoms with Crippen molar-refractivity contribution >= 4 is 27.6 Å². The zero-order valence-electron chi connectivity index (χ0n) is 11.5. The molecule has 0 saturated carbocycles. The molecule has 2 amide bonds. The number of β-amino-alcohol motifs (C(OH)–C–C–N with tert-alkyl or cyclic N) is 1. The van der Waals surface area contributed by atoms with Crippen LogP contribution in [0.1, 0.15) is 12.0 Å². The van der Waals surface area contributed by atoms with E-state index in [9.17, 15) is 9.90 Å². The number of carbonyl (C=O) groups excluding carboxylic acids is 1. The number of hydrogen-bond acceptors (Lipinski definition) is 3. The van der Waals surface area contributed by atoms with Crippen molar-refractivity contribution in [3.8, 4) is 0 Å². The van der Waals surface area contributed by atoms with Crippen molar-refractivity contribution in [2.45, 2.75) is 19.4 Å². The van der Waals surface area contributed by atoms with Crippen LogP contribution in [0.3, 0.4) is 0 Å². The monoisotopic (exact) mass is 341 g/mol. The van der Waals surface area contributed by atoms with Gasteiger partial charge in [-0.1, -0.05) is 22.0 Å². The number of amides is 2. The molecular formula is C14H20BrN3O2. The van der Waals surface area contributed by atoms with Crippen LogP contribution < -0.4 is 10.6 Å². The van der Waals surface area contributed by atoms with Crippen molar-refractivity contribution in [1.29, 1.82) is 0 Å². The second kappa shape index (κ2) is 7.06. The Morgan fingerprint density at radius 1 is 1.55 bits per heavy atom. The molecule has 0 aliphatic carbocycles. The van der Waals surface area contributed by atoms with Crippen LogP contribution in [-0.4, -0.2) is 48.3 Å². The zero-order valence-corrected chi connectivity index (χ0v) is 13.1. The van der Waals surface area contributed by atoms with Crippen LogP contribution in [0.25, 0.3) is 0 Å². The lowest BCUT2D eigenvalue weighted by Crippen LogP contribution is -2.36. The first-order valence-corrected chi connectivity index (χ1v) is 7.56. The first-order valence-electron chi connectivity index (χ1n) is 6.76. The Bertz CT molecular complexity index is 481. The molecule has 1 aliphatic rings. The summed E-state index contributed by atoms with van der Waals surface area (Å²) in [5.74, 6) is 0. The number of urea groups is 1. The van der Waals surface area contributed by atoms with E-state index >= 15 is 0 Å². The minimum absolute atomic E-state index is 0.203. The number of hydrogen-bond donors (Lipinski definition) is 3. The fourth-order valence-electron chi connectivity index (χ4n) is 2.25. The third-order valence-electron chi connectivity index (χ3n) is 3.48. The molecule has 1 heterocycles. The van der Waals surface area contributed by atoms with E-state index in [-0.39, 0.29) is 12.1 Å². The second-order valence-electron chi connectivity index (χ2n) is 5.04. The van der Waals surface area contributed by atoms with Gasteiger partial charge in [0, 0.05) is 36.3 Å². The molecule has 1 aliphatic heterocycles. The molecule has 6 heteroatoms. The molecule has 1 fully saturated rings. The van der Waals surface area contributed by atoms with Crippen LogP contribution in [0, 0.1) is 6.92 Å². The van der Waals surface area contributed by atoms with E-state index in [1.807, 2.05) is 25.1 Å². The van der Waals surface area contributed by atoms with Gasteiger partial charge in [-0.05, 0) is 31.0 Å². The van der Waals surface area contributed by atoms with Gasteiger partial charge >= 0.3 is 6.03 Å². The largest absolute Gasteiger partial charge is 0.392 e. The highest BCUT2D eigenvalue weighted by atomic mass is 79.9. The topological polar surface area (TPSA) is 64.6 Å². The summed E-state index contributed by atoms with van der Waals surface area (Å²) in [6.07, 6.45) is 0.608. The molecule has 1 atom stereocenters. The van der Waals surface area contributed by atoms with Crippen LogP contribution in [-0.2, 0) is 0 Å². The molecular weight excluding hydrogens is 322 g/mol. The first kappa shape index (κ1) is 15.3. The number of likely N-dealkylation sites (tertiary alicyclic amines) is 1. The van der Waals surface area contributed by atoms with Crippen LogP contribution in [0.4, 0.5) is 10.5 Å². The summed E-state index contributed by atoms with van der Waals surface area (Å²) >= 11 is 3.44. The maximum absolute atomic E-state index is 11.8. The van der Waals surface area contributed by atoms with Gasteiger partial charge in [-0.25, -0.2) is 4.79 Å². The van der Waals surface area contributed by atoms with Crippen LogP contribution in [0.2, 0.25) is 0 Å². The third kappa shape index (κ3) is 4.19. The van der Waals surface area contributed by atoms with Gasteiger partial charge in [0.1, 0.15) is 0 Å². The number of nitrogens with zero attached hydrogens (tertiary/aromatic N) is 1. The van der Waals surface area contributed by atoms with E-state index < -0.39 is 0 Å². The number of aliphatic hydroxyl groups excluding tert-OH is 1. The van der Waals surface area contributed by atoms with Gasteiger partial charge in [0.2, 0.25) is 0 Å². The Kier molecular flexibility index (Phi) is 5.39. The van der Waals surface area contributed by atoms with Crippen molar-refractivity contribution in [2.75, 3.05) is 31.5 Å². The van der Waals surface area contributed by atoms with Crippen molar-refractivity contribution in [3.05, 3.63) is 28.2 Å². The van der Waals surface area contributed by atoms with Gasteiger partial charge in [0.25, 0.3) is 0 Å².